The minimum absolute atomic E-state index is 0.00270. The Bertz CT molecular complexity index is 1040. The van der Waals surface area contributed by atoms with Gasteiger partial charge in [0.2, 0.25) is 11.1 Å². The lowest BCUT2D eigenvalue weighted by Gasteiger charge is -2.37. The van der Waals surface area contributed by atoms with Gasteiger partial charge >= 0.3 is 0 Å². The van der Waals surface area contributed by atoms with Gasteiger partial charge in [-0.05, 0) is 41.0 Å². The van der Waals surface area contributed by atoms with E-state index in [2.05, 4.69) is 33.7 Å². The zero-order chi connectivity index (χ0) is 21.0. The highest BCUT2D eigenvalue weighted by atomic mass is 32.2. The molecule has 3 aromatic rings. The molecule has 0 aliphatic carbocycles. The molecule has 9 heteroatoms. The Morgan fingerprint density at radius 2 is 2.00 bits per heavy atom. The molecule has 2 atom stereocenters. The van der Waals surface area contributed by atoms with E-state index in [-0.39, 0.29) is 23.8 Å². The first-order valence-electron chi connectivity index (χ1n) is 10.4. The number of ether oxygens (including phenoxy) is 1. The van der Waals surface area contributed by atoms with Crippen molar-refractivity contribution in [1.82, 2.24) is 20.2 Å². The van der Waals surface area contributed by atoms with Gasteiger partial charge in [0.15, 0.2) is 0 Å². The molecular weight excluding hydrogens is 430 g/mol. The normalized spacial score (nSPS) is 20.6. The molecular formula is C22H23N5O2S2. The summed E-state index contributed by atoms with van der Waals surface area (Å²) >= 11 is 3.18. The first-order valence-corrected chi connectivity index (χ1v) is 12.4. The molecule has 1 fully saturated rings. The van der Waals surface area contributed by atoms with Crippen LogP contribution in [0.25, 0.3) is 0 Å². The van der Waals surface area contributed by atoms with Crippen LogP contribution in [0.5, 0.6) is 0 Å². The highest BCUT2D eigenvalue weighted by Gasteiger charge is 2.32. The van der Waals surface area contributed by atoms with Crippen LogP contribution in [0.3, 0.4) is 0 Å². The summed E-state index contributed by atoms with van der Waals surface area (Å²) < 4.78 is 7.45. The van der Waals surface area contributed by atoms with Crippen molar-refractivity contribution in [2.45, 2.75) is 41.6 Å². The largest absolute Gasteiger partial charge is 0.376 e. The quantitative estimate of drug-likeness (QED) is 0.525. The average Bonchev–Trinajstić information content (AvgIpc) is 3.50. The lowest BCUT2D eigenvalue weighted by molar-refractivity contribution is -0.116. The molecule has 0 saturated carbocycles. The molecule has 0 bridgehead atoms. The van der Waals surface area contributed by atoms with Crippen LogP contribution in [0.15, 0.2) is 64.6 Å². The Labute approximate surface area is 189 Å². The van der Waals surface area contributed by atoms with Gasteiger partial charge in [-0.15, -0.1) is 16.9 Å². The van der Waals surface area contributed by atoms with E-state index in [1.807, 2.05) is 41.3 Å². The minimum Gasteiger partial charge on any atom is -0.376 e. The number of tetrazole rings is 1. The van der Waals surface area contributed by atoms with Crippen molar-refractivity contribution in [1.29, 1.82) is 0 Å². The summed E-state index contributed by atoms with van der Waals surface area (Å²) in [5.74, 6) is 1.15. The molecule has 2 aromatic carbocycles. The molecule has 1 amide bonds. The minimum atomic E-state index is -0.00270. The molecule has 0 spiro atoms. The smallest absolute Gasteiger partial charge is 0.238 e. The van der Waals surface area contributed by atoms with Crippen LogP contribution in [0, 0.1) is 0 Å². The highest BCUT2D eigenvalue weighted by Crippen LogP contribution is 2.43. The Balaban J connectivity index is 1.35. The maximum Gasteiger partial charge on any atom is 0.238 e. The maximum absolute atomic E-state index is 13.5. The predicted octanol–water partition coefficient (Wildman–Crippen LogP) is 3.82. The van der Waals surface area contributed by atoms with Crippen LogP contribution >= 0.6 is 23.5 Å². The fraction of sp³-hybridized carbons (Fsp3) is 0.364. The number of amides is 1. The summed E-state index contributed by atoms with van der Waals surface area (Å²) in [6.45, 7) is 1.42. The first-order chi connectivity index (χ1) is 15.3. The number of rotatable bonds is 6. The van der Waals surface area contributed by atoms with Gasteiger partial charge in [-0.3, -0.25) is 4.79 Å². The molecule has 3 heterocycles. The predicted molar refractivity (Wildman–Crippen MR) is 121 cm³/mol. The van der Waals surface area contributed by atoms with E-state index in [1.54, 1.807) is 16.4 Å². The molecule has 160 valence electrons. The van der Waals surface area contributed by atoms with Gasteiger partial charge in [-0.1, -0.05) is 54.2 Å². The molecule has 5 rings (SSSR count). The summed E-state index contributed by atoms with van der Waals surface area (Å²) in [6, 6.07) is 18.4. The molecule has 2 aliphatic rings. The Morgan fingerprint density at radius 3 is 2.84 bits per heavy atom. The monoisotopic (exact) mass is 453 g/mol. The third-order valence-electron chi connectivity index (χ3n) is 5.51. The highest BCUT2D eigenvalue weighted by molar-refractivity contribution is 8.00. The van der Waals surface area contributed by atoms with Crippen LogP contribution in [0.2, 0.25) is 0 Å². The zero-order valence-electron chi connectivity index (χ0n) is 17.0. The number of benzene rings is 2. The third kappa shape index (κ3) is 4.49. The van der Waals surface area contributed by atoms with Crippen molar-refractivity contribution in [2.75, 3.05) is 23.0 Å². The number of nitrogens with zero attached hydrogens (tertiary/aromatic N) is 5. The number of aromatic nitrogens is 4. The van der Waals surface area contributed by atoms with Crippen LogP contribution in [-0.4, -0.2) is 50.3 Å². The summed E-state index contributed by atoms with van der Waals surface area (Å²) in [5.41, 5.74) is 2.11. The molecule has 1 saturated heterocycles. The van der Waals surface area contributed by atoms with Crippen molar-refractivity contribution in [3.05, 3.63) is 60.2 Å². The number of fused-ring (bicyclic) bond motifs is 1. The van der Waals surface area contributed by atoms with Gasteiger partial charge < -0.3 is 9.64 Å². The fourth-order valence-corrected chi connectivity index (χ4v) is 5.92. The topological polar surface area (TPSA) is 73.1 Å². The summed E-state index contributed by atoms with van der Waals surface area (Å²) in [6.07, 6.45) is 2.23. The summed E-state index contributed by atoms with van der Waals surface area (Å²) in [4.78, 5) is 16.6. The molecule has 0 unspecified atom stereocenters. The van der Waals surface area contributed by atoms with Crippen LogP contribution in [0.4, 0.5) is 5.69 Å². The van der Waals surface area contributed by atoms with Crippen LogP contribution in [-0.2, 0) is 16.1 Å². The van der Waals surface area contributed by atoms with Gasteiger partial charge in [0.05, 0.1) is 30.1 Å². The van der Waals surface area contributed by atoms with E-state index >= 15 is 0 Å². The van der Waals surface area contributed by atoms with E-state index in [4.69, 9.17) is 4.74 Å². The number of carbonyl (C=O) groups excluding carboxylic acids is 1. The number of hydrogen-bond acceptors (Lipinski definition) is 7. The average molecular weight is 454 g/mol. The SMILES string of the molecule is O=C(CSc1nnnn1C[C@@H]1CCCO1)N1c2ccccc2SC[C@H]1c1ccccc1. The van der Waals surface area contributed by atoms with Gasteiger partial charge in [-0.2, -0.15) is 0 Å². The Morgan fingerprint density at radius 1 is 1.16 bits per heavy atom. The van der Waals surface area contributed by atoms with Crippen molar-refractivity contribution in [3.63, 3.8) is 0 Å². The van der Waals surface area contributed by atoms with Gasteiger partial charge in [0, 0.05) is 17.3 Å². The summed E-state index contributed by atoms with van der Waals surface area (Å²) in [7, 11) is 0. The number of carbonyl (C=O) groups is 1. The molecule has 0 radical (unpaired) electrons. The van der Waals surface area contributed by atoms with Gasteiger partial charge in [-0.25, -0.2) is 4.68 Å². The second-order valence-corrected chi connectivity index (χ2v) is 9.54. The molecule has 31 heavy (non-hydrogen) atoms. The number of thioether (sulfide) groups is 2. The molecule has 0 N–H and O–H groups in total. The fourth-order valence-electron chi connectivity index (χ4n) is 4.01. The van der Waals surface area contributed by atoms with E-state index < -0.39 is 0 Å². The maximum atomic E-state index is 13.5. The molecule has 1 aromatic heterocycles. The second-order valence-electron chi connectivity index (χ2n) is 7.54. The zero-order valence-corrected chi connectivity index (χ0v) is 18.6. The van der Waals surface area contributed by atoms with E-state index in [0.29, 0.717) is 11.7 Å². The first kappa shape index (κ1) is 20.5. The lowest BCUT2D eigenvalue weighted by atomic mass is 10.1. The van der Waals surface area contributed by atoms with E-state index in [9.17, 15) is 4.79 Å². The van der Waals surface area contributed by atoms with Crippen molar-refractivity contribution >= 4 is 35.1 Å². The van der Waals surface area contributed by atoms with E-state index in [1.165, 1.54) is 11.8 Å². The lowest BCUT2D eigenvalue weighted by Crippen LogP contribution is -2.39. The van der Waals surface area contributed by atoms with Gasteiger partial charge in [0.1, 0.15) is 0 Å². The van der Waals surface area contributed by atoms with E-state index in [0.717, 1.165) is 41.3 Å². The summed E-state index contributed by atoms with van der Waals surface area (Å²) in [5, 5.41) is 12.7. The number of hydrogen-bond donors (Lipinski definition) is 0. The Kier molecular flexibility index (Phi) is 6.24. The van der Waals surface area contributed by atoms with Crippen molar-refractivity contribution in [2.24, 2.45) is 0 Å². The molecule has 7 nitrogen and oxygen atoms in total. The second kappa shape index (κ2) is 9.42. The Hall–Kier alpha value is -2.36. The van der Waals surface area contributed by atoms with Crippen LogP contribution < -0.4 is 4.90 Å². The third-order valence-corrected chi connectivity index (χ3v) is 7.59. The number of para-hydroxylation sites is 1. The number of anilines is 1. The van der Waals surface area contributed by atoms with Crippen molar-refractivity contribution < 1.29 is 9.53 Å². The van der Waals surface area contributed by atoms with Gasteiger partial charge in [0.25, 0.3) is 0 Å². The van der Waals surface area contributed by atoms with Crippen molar-refractivity contribution in [3.8, 4) is 0 Å². The van der Waals surface area contributed by atoms with Crippen LogP contribution in [0.1, 0.15) is 24.4 Å². The standard InChI is InChI=1S/C22H23N5O2S2/c28-21(15-31-22-23-24-25-26(22)13-17-9-6-12-29-17)27-18-10-4-5-11-20(18)30-14-19(27)16-7-2-1-3-8-16/h1-5,7-8,10-11,17,19H,6,9,12-15H2/t17-,19-/m0/s1. The molecule has 2 aliphatic heterocycles.